The minimum absolute atomic E-state index is 0.244. The lowest BCUT2D eigenvalue weighted by molar-refractivity contribution is 0.0585. The summed E-state index contributed by atoms with van der Waals surface area (Å²) in [4.78, 5) is 0. The summed E-state index contributed by atoms with van der Waals surface area (Å²) >= 11 is 0. The highest BCUT2D eigenvalue weighted by Crippen LogP contribution is 2.16. The summed E-state index contributed by atoms with van der Waals surface area (Å²) in [5, 5.41) is 9.57. The van der Waals surface area contributed by atoms with Gasteiger partial charge in [0.15, 0.2) is 0 Å². The fraction of sp³-hybridized carbons (Fsp3) is 0.786. The minimum Gasteiger partial charge on any atom is -0.396 e. The molecule has 1 atom stereocenters. The Kier molecular flexibility index (Phi) is 19.4. The average Bonchev–Trinajstić information content (AvgIpc) is 2.78. The molecule has 2 heteroatoms. The van der Waals surface area contributed by atoms with Gasteiger partial charge in [-0.05, 0) is 12.0 Å². The molecule has 0 saturated heterocycles. The van der Waals surface area contributed by atoms with Crippen molar-refractivity contribution in [3.63, 3.8) is 0 Å². The Morgan fingerprint density at radius 2 is 1.13 bits per heavy atom. The van der Waals surface area contributed by atoms with E-state index in [0.29, 0.717) is 19.1 Å². The zero-order valence-electron chi connectivity index (χ0n) is 20.0. The number of aliphatic hydroxyl groups is 1. The lowest BCUT2D eigenvalue weighted by Crippen LogP contribution is -2.14. The maximum absolute atomic E-state index is 9.57. The van der Waals surface area contributed by atoms with Gasteiger partial charge in [-0.3, -0.25) is 0 Å². The quantitative estimate of drug-likeness (QED) is 0.191. The fourth-order valence-corrected chi connectivity index (χ4v) is 4.13. The van der Waals surface area contributed by atoms with Gasteiger partial charge >= 0.3 is 0 Å². The van der Waals surface area contributed by atoms with Gasteiger partial charge in [0.2, 0.25) is 0 Å². The largest absolute Gasteiger partial charge is 0.396 e. The van der Waals surface area contributed by atoms with Crippen molar-refractivity contribution in [1.29, 1.82) is 0 Å². The van der Waals surface area contributed by atoms with Crippen molar-refractivity contribution in [3.05, 3.63) is 35.9 Å². The van der Waals surface area contributed by atoms with E-state index in [1.165, 1.54) is 108 Å². The zero-order valence-corrected chi connectivity index (χ0v) is 20.0. The lowest BCUT2D eigenvalue weighted by atomic mass is 10.0. The van der Waals surface area contributed by atoms with Crippen molar-refractivity contribution >= 4 is 0 Å². The molecule has 2 nitrogen and oxygen atoms in total. The SMILES string of the molecule is CCCCCCCCCCCCCCCCCCC(CO)COCc1ccccc1. The summed E-state index contributed by atoms with van der Waals surface area (Å²) in [6.07, 6.45) is 23.5. The van der Waals surface area contributed by atoms with Crippen molar-refractivity contribution in [2.75, 3.05) is 13.2 Å². The molecule has 174 valence electrons. The fourth-order valence-electron chi connectivity index (χ4n) is 4.13. The summed E-state index contributed by atoms with van der Waals surface area (Å²) in [7, 11) is 0. The molecule has 0 radical (unpaired) electrons. The molecule has 0 bridgehead atoms. The van der Waals surface area contributed by atoms with Crippen LogP contribution in [0.25, 0.3) is 0 Å². The molecule has 1 N–H and O–H groups in total. The van der Waals surface area contributed by atoms with Gasteiger partial charge in [-0.1, -0.05) is 140 Å². The van der Waals surface area contributed by atoms with E-state index in [-0.39, 0.29) is 6.61 Å². The Morgan fingerprint density at radius 1 is 0.667 bits per heavy atom. The van der Waals surface area contributed by atoms with Crippen LogP contribution in [-0.4, -0.2) is 18.3 Å². The molecule has 1 rings (SSSR count). The molecule has 0 saturated carbocycles. The lowest BCUT2D eigenvalue weighted by Gasteiger charge is -2.14. The molecular formula is C28H50O2. The predicted octanol–water partition coefficient (Wildman–Crippen LogP) is 8.46. The summed E-state index contributed by atoms with van der Waals surface area (Å²) < 4.78 is 5.79. The molecule has 1 aromatic carbocycles. The maximum Gasteiger partial charge on any atom is 0.0717 e. The number of hydrogen-bond donors (Lipinski definition) is 1. The zero-order chi connectivity index (χ0) is 21.5. The maximum atomic E-state index is 9.57. The highest BCUT2D eigenvalue weighted by molar-refractivity contribution is 5.13. The minimum atomic E-state index is 0.244. The number of aliphatic hydroxyl groups excluding tert-OH is 1. The van der Waals surface area contributed by atoms with Crippen molar-refractivity contribution in [1.82, 2.24) is 0 Å². The van der Waals surface area contributed by atoms with E-state index >= 15 is 0 Å². The number of benzene rings is 1. The first-order chi connectivity index (χ1) is 14.9. The van der Waals surface area contributed by atoms with Gasteiger partial charge in [0.05, 0.1) is 13.2 Å². The monoisotopic (exact) mass is 418 g/mol. The standard InChI is InChI=1S/C28H50O2/c1-2-3-4-5-6-7-8-9-10-11-12-13-14-15-16-18-23-28(24-29)26-30-25-27-21-19-17-20-22-27/h17,19-22,28-29H,2-16,18,23-26H2,1H3. The Labute approximate surface area is 187 Å². The molecule has 0 aliphatic carbocycles. The third-order valence-electron chi connectivity index (χ3n) is 6.19. The molecule has 0 fully saturated rings. The molecule has 0 heterocycles. The Bertz CT molecular complexity index is 445. The Hall–Kier alpha value is -0.860. The van der Waals surface area contributed by atoms with Gasteiger partial charge in [0.1, 0.15) is 0 Å². The summed E-state index contributed by atoms with van der Waals surface area (Å²) in [6, 6.07) is 10.3. The van der Waals surface area contributed by atoms with Gasteiger partial charge in [-0.25, -0.2) is 0 Å². The second kappa shape index (κ2) is 21.4. The van der Waals surface area contributed by atoms with Gasteiger partial charge < -0.3 is 9.84 Å². The van der Waals surface area contributed by atoms with E-state index < -0.39 is 0 Å². The molecule has 0 spiro atoms. The Balaban J connectivity index is 1.80. The highest BCUT2D eigenvalue weighted by Gasteiger charge is 2.07. The molecular weight excluding hydrogens is 368 g/mol. The first kappa shape index (κ1) is 27.2. The van der Waals surface area contributed by atoms with Gasteiger partial charge in [0.25, 0.3) is 0 Å². The number of hydrogen-bond acceptors (Lipinski definition) is 2. The molecule has 0 aliphatic rings. The predicted molar refractivity (Wildman–Crippen MR) is 131 cm³/mol. The average molecular weight is 419 g/mol. The Morgan fingerprint density at radius 3 is 1.60 bits per heavy atom. The van der Waals surface area contributed by atoms with Crippen molar-refractivity contribution in [2.45, 2.75) is 123 Å². The first-order valence-corrected chi connectivity index (χ1v) is 13.1. The molecule has 0 aromatic heterocycles. The van der Waals surface area contributed by atoms with Crippen LogP contribution in [0, 0.1) is 5.92 Å². The summed E-state index contributed by atoms with van der Waals surface area (Å²) in [5.41, 5.74) is 1.21. The number of rotatable bonds is 22. The van der Waals surface area contributed by atoms with Crippen molar-refractivity contribution in [3.8, 4) is 0 Å². The van der Waals surface area contributed by atoms with E-state index in [2.05, 4.69) is 19.1 Å². The highest BCUT2D eigenvalue weighted by atomic mass is 16.5. The van der Waals surface area contributed by atoms with E-state index in [1.807, 2.05) is 18.2 Å². The molecule has 0 amide bonds. The second-order valence-electron chi connectivity index (χ2n) is 9.14. The molecule has 0 aliphatic heterocycles. The number of unbranched alkanes of at least 4 members (excludes halogenated alkanes) is 15. The smallest absolute Gasteiger partial charge is 0.0717 e. The van der Waals surface area contributed by atoms with Crippen LogP contribution in [0.5, 0.6) is 0 Å². The van der Waals surface area contributed by atoms with Crippen LogP contribution in [0.3, 0.4) is 0 Å². The van der Waals surface area contributed by atoms with E-state index in [4.69, 9.17) is 4.74 Å². The van der Waals surface area contributed by atoms with E-state index in [0.717, 1.165) is 6.42 Å². The van der Waals surface area contributed by atoms with Crippen LogP contribution in [-0.2, 0) is 11.3 Å². The summed E-state index contributed by atoms with van der Waals surface area (Å²) in [5.74, 6) is 0.292. The van der Waals surface area contributed by atoms with Crippen LogP contribution < -0.4 is 0 Å². The van der Waals surface area contributed by atoms with Crippen LogP contribution in [0.15, 0.2) is 30.3 Å². The second-order valence-corrected chi connectivity index (χ2v) is 9.14. The van der Waals surface area contributed by atoms with Crippen molar-refractivity contribution in [2.24, 2.45) is 5.92 Å². The topological polar surface area (TPSA) is 29.5 Å². The normalized spacial score (nSPS) is 12.3. The molecule has 1 unspecified atom stereocenters. The molecule has 30 heavy (non-hydrogen) atoms. The third kappa shape index (κ3) is 16.9. The number of ether oxygens (including phenoxy) is 1. The first-order valence-electron chi connectivity index (χ1n) is 13.1. The summed E-state index contributed by atoms with van der Waals surface area (Å²) in [6.45, 7) is 3.85. The van der Waals surface area contributed by atoms with Crippen molar-refractivity contribution < 1.29 is 9.84 Å². The third-order valence-corrected chi connectivity index (χ3v) is 6.19. The van der Waals surface area contributed by atoms with Gasteiger partial charge in [0, 0.05) is 12.5 Å². The molecule has 1 aromatic rings. The van der Waals surface area contributed by atoms with Crippen LogP contribution in [0.4, 0.5) is 0 Å². The van der Waals surface area contributed by atoms with Gasteiger partial charge in [-0.2, -0.15) is 0 Å². The van der Waals surface area contributed by atoms with Gasteiger partial charge in [-0.15, -0.1) is 0 Å². The van der Waals surface area contributed by atoms with Crippen LogP contribution in [0.1, 0.15) is 122 Å². The van der Waals surface area contributed by atoms with E-state index in [1.54, 1.807) is 0 Å². The van der Waals surface area contributed by atoms with Crippen LogP contribution in [0.2, 0.25) is 0 Å². The van der Waals surface area contributed by atoms with E-state index in [9.17, 15) is 5.11 Å². The van der Waals surface area contributed by atoms with Crippen LogP contribution >= 0.6 is 0 Å².